The van der Waals surface area contributed by atoms with Gasteiger partial charge in [0.15, 0.2) is 0 Å². The van der Waals surface area contributed by atoms with Gasteiger partial charge in [-0.1, -0.05) is 97.3 Å². The summed E-state index contributed by atoms with van der Waals surface area (Å²) in [4.78, 5) is 0. The second-order valence-electron chi connectivity index (χ2n) is 8.59. The maximum absolute atomic E-state index is 5.89. The highest BCUT2D eigenvalue weighted by Gasteiger charge is 2.09. The molecule has 1 heteroatoms. The molecule has 1 rings (SSSR count). The molecule has 0 saturated heterocycles. The second-order valence-corrected chi connectivity index (χ2v) is 8.59. The molecule has 1 nitrogen and oxygen atoms in total. The molecule has 1 aromatic rings. The average Bonchev–Trinajstić information content (AvgIpc) is 2.62. The zero-order valence-corrected chi connectivity index (χ0v) is 18.1. The van der Waals surface area contributed by atoms with Crippen LogP contribution in [0.15, 0.2) is 30.3 Å². The minimum absolute atomic E-state index is 0.840. The molecule has 1 aromatic carbocycles. The molecule has 0 aromatic heterocycles. The number of hydrogen-bond donors (Lipinski definition) is 0. The van der Waals surface area contributed by atoms with Crippen molar-refractivity contribution < 1.29 is 4.74 Å². The summed E-state index contributed by atoms with van der Waals surface area (Å²) in [6, 6.07) is 10.1. The molecule has 0 aliphatic carbocycles. The molecule has 0 saturated carbocycles. The van der Waals surface area contributed by atoms with Gasteiger partial charge in [0.2, 0.25) is 0 Å². The maximum Gasteiger partial charge on any atom is 0.145 e. The Morgan fingerprint density at radius 2 is 1.27 bits per heavy atom. The molecule has 0 N–H and O–H groups in total. The van der Waals surface area contributed by atoms with Gasteiger partial charge in [-0.25, -0.2) is 0 Å². The Morgan fingerprint density at radius 1 is 0.769 bits per heavy atom. The van der Waals surface area contributed by atoms with Crippen LogP contribution < -0.4 is 4.74 Å². The fourth-order valence-corrected chi connectivity index (χ4v) is 3.56. The summed E-state index contributed by atoms with van der Waals surface area (Å²) in [7, 11) is 0. The van der Waals surface area contributed by atoms with Crippen molar-refractivity contribution in [3.63, 3.8) is 0 Å². The van der Waals surface area contributed by atoms with Gasteiger partial charge in [0.25, 0.3) is 0 Å². The molecule has 0 aliphatic heterocycles. The van der Waals surface area contributed by atoms with Crippen molar-refractivity contribution in [2.75, 3.05) is 0 Å². The molecule has 0 aliphatic rings. The van der Waals surface area contributed by atoms with Gasteiger partial charge in [0.05, 0.1) is 0 Å². The zero-order chi connectivity index (χ0) is 19.2. The van der Waals surface area contributed by atoms with Crippen molar-refractivity contribution in [1.82, 2.24) is 0 Å². The number of ether oxygens (including phenoxy) is 1. The predicted octanol–water partition coefficient (Wildman–Crippen LogP) is 8.45. The van der Waals surface area contributed by atoms with E-state index in [1.165, 1.54) is 57.8 Å². The van der Waals surface area contributed by atoms with Crippen molar-refractivity contribution in [1.29, 1.82) is 0 Å². The Kier molecular flexibility index (Phi) is 12.5. The van der Waals surface area contributed by atoms with Crippen molar-refractivity contribution in [3.8, 4) is 5.75 Å². The Labute approximate surface area is 163 Å². The van der Waals surface area contributed by atoms with Gasteiger partial charge in [0, 0.05) is 0 Å². The van der Waals surface area contributed by atoms with E-state index < -0.39 is 0 Å². The molecule has 3 unspecified atom stereocenters. The van der Waals surface area contributed by atoms with Crippen LogP contribution in [0.25, 0.3) is 0 Å². The highest BCUT2D eigenvalue weighted by molar-refractivity contribution is 5.22. The van der Waals surface area contributed by atoms with Crippen LogP contribution in [-0.4, -0.2) is 0 Å². The fourth-order valence-electron chi connectivity index (χ4n) is 3.56. The molecule has 0 amide bonds. The first kappa shape index (κ1) is 23.1. The predicted molar refractivity (Wildman–Crippen MR) is 115 cm³/mol. The van der Waals surface area contributed by atoms with E-state index in [9.17, 15) is 0 Å². The lowest BCUT2D eigenvalue weighted by atomic mass is 9.91. The Balaban J connectivity index is 2.01. The molecule has 149 valence electrons. The van der Waals surface area contributed by atoms with E-state index in [4.69, 9.17) is 4.74 Å². The Hall–Kier alpha value is -0.980. The number of hydrogen-bond acceptors (Lipinski definition) is 1. The first-order chi connectivity index (χ1) is 12.5. The molecule has 26 heavy (non-hydrogen) atoms. The first-order valence-electron chi connectivity index (χ1n) is 11.1. The normalized spacial score (nSPS) is 15.0. The van der Waals surface area contributed by atoms with E-state index >= 15 is 0 Å². The second kappa shape index (κ2) is 14.1. The molecular weight excluding hydrogens is 316 g/mol. The number of rotatable bonds is 15. The first-order valence-corrected chi connectivity index (χ1v) is 11.1. The Bertz CT molecular complexity index is 427. The van der Waals surface area contributed by atoms with Crippen molar-refractivity contribution in [3.05, 3.63) is 36.4 Å². The summed E-state index contributed by atoms with van der Waals surface area (Å²) in [5, 5.41) is 0. The molecule has 0 fully saturated rings. The standard InChI is InChI=1S/C25H43O/c1-6-21(2)13-10-14-22(3)15-11-16-23(4)17-12-18-24(5)26-25-19-8-7-9-20-25/h7-9,19-23H,6,10-18H2,1-5H3. The molecule has 1 radical (unpaired) electrons. The highest BCUT2D eigenvalue weighted by atomic mass is 16.5. The summed E-state index contributed by atoms with van der Waals surface area (Å²) in [5.74, 6) is 3.61. The monoisotopic (exact) mass is 359 g/mol. The van der Waals surface area contributed by atoms with Crippen LogP contribution in [0.5, 0.6) is 5.75 Å². The van der Waals surface area contributed by atoms with E-state index in [-0.39, 0.29) is 0 Å². The minimum atomic E-state index is 0.840. The lowest BCUT2D eigenvalue weighted by Crippen LogP contribution is -2.04. The fraction of sp³-hybridized carbons (Fsp3) is 0.720. The molecule has 0 bridgehead atoms. The van der Waals surface area contributed by atoms with Gasteiger partial charge in [-0.2, -0.15) is 0 Å². The third kappa shape index (κ3) is 11.6. The zero-order valence-electron chi connectivity index (χ0n) is 18.1. The van der Waals surface area contributed by atoms with Gasteiger partial charge >= 0.3 is 0 Å². The van der Waals surface area contributed by atoms with Crippen LogP contribution in [0, 0.1) is 23.9 Å². The van der Waals surface area contributed by atoms with Crippen LogP contribution in [0.2, 0.25) is 0 Å². The van der Waals surface area contributed by atoms with Gasteiger partial charge in [-0.05, 0) is 49.7 Å². The number of para-hydroxylation sites is 1. The summed E-state index contributed by atoms with van der Waals surface area (Å²) in [6.45, 7) is 11.7. The summed E-state index contributed by atoms with van der Waals surface area (Å²) >= 11 is 0. The molecular formula is C25H43O. The van der Waals surface area contributed by atoms with E-state index in [2.05, 4.69) is 34.6 Å². The third-order valence-corrected chi connectivity index (χ3v) is 5.75. The average molecular weight is 360 g/mol. The highest BCUT2D eigenvalue weighted by Crippen LogP contribution is 2.24. The van der Waals surface area contributed by atoms with Gasteiger partial charge in [-0.3, -0.25) is 0 Å². The van der Waals surface area contributed by atoms with Crippen LogP contribution in [0.1, 0.15) is 98.8 Å². The van der Waals surface area contributed by atoms with E-state index in [1.807, 2.05) is 30.3 Å². The van der Waals surface area contributed by atoms with E-state index in [1.54, 1.807) is 0 Å². The lowest BCUT2D eigenvalue weighted by molar-refractivity contribution is 0.304. The van der Waals surface area contributed by atoms with Gasteiger partial charge in [-0.15, -0.1) is 0 Å². The van der Waals surface area contributed by atoms with Gasteiger partial charge in [0.1, 0.15) is 11.9 Å². The van der Waals surface area contributed by atoms with Crippen molar-refractivity contribution >= 4 is 0 Å². The van der Waals surface area contributed by atoms with E-state index in [0.717, 1.165) is 36.0 Å². The summed E-state index contributed by atoms with van der Waals surface area (Å²) in [6.07, 6.45) is 14.5. The van der Waals surface area contributed by atoms with Crippen molar-refractivity contribution in [2.45, 2.75) is 98.8 Å². The maximum atomic E-state index is 5.89. The van der Waals surface area contributed by atoms with Crippen LogP contribution >= 0.6 is 0 Å². The lowest BCUT2D eigenvalue weighted by Gasteiger charge is -2.17. The quantitative estimate of drug-likeness (QED) is 0.305. The van der Waals surface area contributed by atoms with Gasteiger partial charge < -0.3 is 4.74 Å². The number of benzene rings is 1. The molecule has 0 heterocycles. The largest absolute Gasteiger partial charge is 0.483 e. The van der Waals surface area contributed by atoms with Crippen LogP contribution in [-0.2, 0) is 0 Å². The summed E-state index contributed by atoms with van der Waals surface area (Å²) < 4.78 is 5.89. The topological polar surface area (TPSA) is 9.23 Å². The smallest absolute Gasteiger partial charge is 0.145 e. The van der Waals surface area contributed by atoms with Crippen LogP contribution in [0.3, 0.4) is 0 Å². The SMILES string of the molecule is CCC(C)CCCC(C)CCCC(C)CCC[C](C)Oc1ccccc1. The van der Waals surface area contributed by atoms with Crippen molar-refractivity contribution in [2.24, 2.45) is 17.8 Å². The third-order valence-electron chi connectivity index (χ3n) is 5.75. The molecule has 3 atom stereocenters. The molecule has 0 spiro atoms. The van der Waals surface area contributed by atoms with E-state index in [0.29, 0.717) is 0 Å². The Morgan fingerprint density at radius 3 is 1.81 bits per heavy atom. The van der Waals surface area contributed by atoms with Crippen LogP contribution in [0.4, 0.5) is 0 Å². The minimum Gasteiger partial charge on any atom is -0.483 e. The summed E-state index contributed by atoms with van der Waals surface area (Å²) in [5.41, 5.74) is 0.